The van der Waals surface area contributed by atoms with Crippen LogP contribution in [0.15, 0.2) is 47.1 Å². The van der Waals surface area contributed by atoms with Gasteiger partial charge in [-0.3, -0.25) is 9.78 Å². The van der Waals surface area contributed by atoms with E-state index in [0.717, 1.165) is 45.7 Å². The van der Waals surface area contributed by atoms with E-state index in [0.29, 0.717) is 31.1 Å². The molecule has 7 nitrogen and oxygen atoms in total. The number of esters is 1. The molecule has 1 aliphatic carbocycles. The highest BCUT2D eigenvalue weighted by Crippen LogP contribution is 2.49. The highest BCUT2D eigenvalue weighted by molar-refractivity contribution is 9.10. The molecule has 1 saturated carbocycles. The quantitative estimate of drug-likeness (QED) is 0.283. The van der Waals surface area contributed by atoms with Crippen LogP contribution in [0.1, 0.15) is 57.8 Å². The molecule has 1 fully saturated rings. The third-order valence-electron chi connectivity index (χ3n) is 6.33. The number of carbonyl (C=O) groups is 2. The second-order valence-electron chi connectivity index (χ2n) is 8.86. The highest BCUT2D eigenvalue weighted by Gasteiger charge is 2.54. The summed E-state index contributed by atoms with van der Waals surface area (Å²) in [6.07, 6.45) is 4.85. The van der Waals surface area contributed by atoms with E-state index in [9.17, 15) is 9.59 Å². The summed E-state index contributed by atoms with van der Waals surface area (Å²) >= 11 is 4.96. The number of aryl methyl sites for hydroxylation is 2. The Labute approximate surface area is 224 Å². The first-order chi connectivity index (χ1) is 17.4. The first kappa shape index (κ1) is 26.3. The van der Waals surface area contributed by atoms with E-state index in [-0.39, 0.29) is 5.91 Å². The van der Waals surface area contributed by atoms with Crippen LogP contribution in [0.2, 0.25) is 0 Å². The van der Waals surface area contributed by atoms with Crippen molar-refractivity contribution in [2.75, 3.05) is 20.3 Å². The number of carbonyl (C=O) groups excluding carboxylic acids is 2. The molecular weight excluding hydrogens is 542 g/mol. The lowest BCUT2D eigenvalue weighted by Crippen LogP contribution is -2.40. The van der Waals surface area contributed by atoms with Gasteiger partial charge in [-0.1, -0.05) is 28.1 Å². The average Bonchev–Trinajstić information content (AvgIpc) is 3.60. The number of hydrogen-bond donors (Lipinski definition) is 0. The molecule has 1 aliphatic rings. The summed E-state index contributed by atoms with van der Waals surface area (Å²) in [5.74, 6) is 0.295. The minimum atomic E-state index is -0.613. The van der Waals surface area contributed by atoms with Crippen LogP contribution in [0.4, 0.5) is 0 Å². The maximum atomic E-state index is 13.9. The number of aromatic nitrogens is 2. The standard InChI is InChI=1S/C27H30BrN3O4S/c1-4-35-25(32)24-18(2)36-23(30-24)17-31(14-6-8-19-7-5-9-20(28)15-19)26(33)27(12-13-27)22-11-10-21(34-3)16-29-22/h5,7,9-11,15-16H,4,6,8,12-14,17H2,1-3H3. The Balaban J connectivity index is 1.55. The Bertz CT molecular complexity index is 1220. The number of amides is 1. The largest absolute Gasteiger partial charge is 0.495 e. The van der Waals surface area contributed by atoms with E-state index in [2.05, 4.69) is 38.0 Å². The van der Waals surface area contributed by atoms with Gasteiger partial charge in [-0.2, -0.15) is 0 Å². The van der Waals surface area contributed by atoms with E-state index in [4.69, 9.17) is 9.47 Å². The van der Waals surface area contributed by atoms with Gasteiger partial charge in [0.1, 0.15) is 10.8 Å². The van der Waals surface area contributed by atoms with Crippen molar-refractivity contribution in [3.05, 3.63) is 73.9 Å². The van der Waals surface area contributed by atoms with E-state index in [1.54, 1.807) is 20.2 Å². The molecule has 0 unspecified atom stereocenters. The maximum absolute atomic E-state index is 13.9. The lowest BCUT2D eigenvalue weighted by Gasteiger charge is -2.27. The number of halogens is 1. The number of benzene rings is 1. The summed E-state index contributed by atoms with van der Waals surface area (Å²) in [7, 11) is 1.60. The van der Waals surface area contributed by atoms with Crippen LogP contribution in [0.25, 0.3) is 0 Å². The lowest BCUT2D eigenvalue weighted by molar-refractivity contribution is -0.134. The van der Waals surface area contributed by atoms with Crippen molar-refractivity contribution in [2.45, 2.75) is 51.5 Å². The van der Waals surface area contributed by atoms with Gasteiger partial charge in [-0.05, 0) is 69.4 Å². The highest BCUT2D eigenvalue weighted by atomic mass is 79.9. The Morgan fingerprint density at radius 3 is 2.67 bits per heavy atom. The zero-order chi connectivity index (χ0) is 25.7. The van der Waals surface area contributed by atoms with Crippen molar-refractivity contribution in [1.82, 2.24) is 14.9 Å². The van der Waals surface area contributed by atoms with Crippen molar-refractivity contribution in [2.24, 2.45) is 0 Å². The van der Waals surface area contributed by atoms with Crippen molar-refractivity contribution in [3.8, 4) is 5.75 Å². The van der Waals surface area contributed by atoms with E-state index in [1.165, 1.54) is 16.9 Å². The summed E-state index contributed by atoms with van der Waals surface area (Å²) in [5.41, 5.74) is 1.70. The molecule has 9 heteroatoms. The Morgan fingerprint density at radius 1 is 1.22 bits per heavy atom. The molecule has 1 amide bonds. The fourth-order valence-corrected chi connectivity index (χ4v) is 5.66. The maximum Gasteiger partial charge on any atom is 0.358 e. The molecule has 2 heterocycles. The van der Waals surface area contributed by atoms with Crippen molar-refractivity contribution in [3.63, 3.8) is 0 Å². The van der Waals surface area contributed by atoms with Crippen LogP contribution < -0.4 is 4.74 Å². The molecule has 190 valence electrons. The normalized spacial score (nSPS) is 13.8. The number of rotatable bonds is 11. The Hall–Kier alpha value is -2.78. The number of hydrogen-bond acceptors (Lipinski definition) is 7. The fraction of sp³-hybridized carbons (Fsp3) is 0.407. The SMILES string of the molecule is CCOC(=O)c1nc(CN(CCCc2cccc(Br)c2)C(=O)C2(c3ccc(OC)cn3)CC2)sc1C. The van der Waals surface area contributed by atoms with Crippen molar-refractivity contribution >= 4 is 39.1 Å². The monoisotopic (exact) mass is 571 g/mol. The Kier molecular flexibility index (Phi) is 8.41. The second-order valence-corrected chi connectivity index (χ2v) is 11.1. The molecule has 0 N–H and O–H groups in total. The number of nitrogens with zero attached hydrogens (tertiary/aromatic N) is 3. The predicted octanol–water partition coefficient (Wildman–Crippen LogP) is 5.49. The van der Waals surface area contributed by atoms with E-state index < -0.39 is 11.4 Å². The fourth-order valence-electron chi connectivity index (χ4n) is 4.28. The minimum Gasteiger partial charge on any atom is -0.495 e. The van der Waals surface area contributed by atoms with Gasteiger partial charge in [0.25, 0.3) is 0 Å². The summed E-state index contributed by atoms with van der Waals surface area (Å²) < 4.78 is 11.4. The van der Waals surface area contributed by atoms with Gasteiger partial charge in [-0.25, -0.2) is 9.78 Å². The van der Waals surface area contributed by atoms with Gasteiger partial charge in [-0.15, -0.1) is 11.3 Å². The average molecular weight is 573 g/mol. The van der Waals surface area contributed by atoms with E-state index in [1.807, 2.05) is 36.1 Å². The molecule has 0 radical (unpaired) electrons. The molecule has 4 rings (SSSR count). The summed E-state index contributed by atoms with van der Waals surface area (Å²) in [4.78, 5) is 38.0. The molecule has 0 atom stereocenters. The third-order valence-corrected chi connectivity index (χ3v) is 7.78. The van der Waals surface area contributed by atoms with Crippen LogP contribution in [-0.4, -0.2) is 47.0 Å². The van der Waals surface area contributed by atoms with Crippen molar-refractivity contribution in [1.29, 1.82) is 0 Å². The molecule has 1 aromatic carbocycles. The van der Waals surface area contributed by atoms with Gasteiger partial charge in [0.15, 0.2) is 5.69 Å². The van der Waals surface area contributed by atoms with E-state index >= 15 is 0 Å². The topological polar surface area (TPSA) is 81.6 Å². The van der Waals surface area contributed by atoms with Gasteiger partial charge in [0.05, 0.1) is 37.6 Å². The Morgan fingerprint density at radius 2 is 2.03 bits per heavy atom. The predicted molar refractivity (Wildman–Crippen MR) is 142 cm³/mol. The lowest BCUT2D eigenvalue weighted by atomic mass is 9.99. The molecule has 0 bridgehead atoms. The molecular formula is C27H30BrN3O4S. The molecule has 0 saturated heterocycles. The van der Waals surface area contributed by atoms with Crippen molar-refractivity contribution < 1.29 is 19.1 Å². The molecule has 3 aromatic rings. The van der Waals surface area contributed by atoms with Gasteiger partial charge >= 0.3 is 5.97 Å². The number of methoxy groups -OCH3 is 1. The first-order valence-electron chi connectivity index (χ1n) is 12.0. The van der Waals surface area contributed by atoms with Gasteiger partial charge in [0.2, 0.25) is 5.91 Å². The minimum absolute atomic E-state index is 0.0555. The zero-order valence-corrected chi connectivity index (χ0v) is 23.2. The van der Waals surface area contributed by atoms with Crippen LogP contribution in [0.3, 0.4) is 0 Å². The summed E-state index contributed by atoms with van der Waals surface area (Å²) in [6.45, 7) is 4.85. The molecule has 0 aliphatic heterocycles. The van der Waals surface area contributed by atoms with Gasteiger partial charge < -0.3 is 14.4 Å². The summed E-state index contributed by atoms with van der Waals surface area (Å²) in [5, 5.41) is 0.727. The number of ether oxygens (including phenoxy) is 2. The van der Waals surface area contributed by atoms with Crippen LogP contribution in [0.5, 0.6) is 5.75 Å². The van der Waals surface area contributed by atoms with Crippen LogP contribution in [0, 0.1) is 6.92 Å². The van der Waals surface area contributed by atoms with Crippen LogP contribution in [-0.2, 0) is 27.9 Å². The third kappa shape index (κ3) is 5.95. The van der Waals surface area contributed by atoms with Gasteiger partial charge in [0, 0.05) is 15.9 Å². The molecule has 0 spiro atoms. The summed E-state index contributed by atoms with van der Waals surface area (Å²) in [6, 6.07) is 12.0. The number of pyridine rings is 1. The molecule has 36 heavy (non-hydrogen) atoms. The zero-order valence-electron chi connectivity index (χ0n) is 20.8. The first-order valence-corrected chi connectivity index (χ1v) is 13.6. The smallest absolute Gasteiger partial charge is 0.358 e. The second kappa shape index (κ2) is 11.5. The van der Waals surface area contributed by atoms with Crippen LogP contribution >= 0.6 is 27.3 Å². The molecule has 2 aromatic heterocycles. The number of thiazole rings is 1.